The summed E-state index contributed by atoms with van der Waals surface area (Å²) in [5.41, 5.74) is 2.55. The number of hydrogen-bond acceptors (Lipinski definition) is 1. The number of halogens is 2. The van der Waals surface area contributed by atoms with Gasteiger partial charge in [0.15, 0.2) is 0 Å². The van der Waals surface area contributed by atoms with Gasteiger partial charge >= 0.3 is 0 Å². The Morgan fingerprint density at radius 2 is 1.89 bits per heavy atom. The quantitative estimate of drug-likeness (QED) is 0.496. The van der Waals surface area contributed by atoms with Gasteiger partial charge in [-0.1, -0.05) is 53.2 Å². The van der Waals surface area contributed by atoms with Crippen LogP contribution in [-0.4, -0.2) is 6.61 Å². The molecule has 1 aromatic carbocycles. The zero-order valence-corrected chi connectivity index (χ0v) is 13.5. The van der Waals surface area contributed by atoms with Gasteiger partial charge in [0.05, 0.1) is 6.61 Å². The Morgan fingerprint density at radius 1 is 1.16 bits per heavy atom. The summed E-state index contributed by atoms with van der Waals surface area (Å²) in [6.07, 6.45) is 9.12. The van der Waals surface area contributed by atoms with Gasteiger partial charge in [0.25, 0.3) is 0 Å². The average molecular weight is 344 g/mol. The van der Waals surface area contributed by atoms with Crippen molar-refractivity contribution in [3.05, 3.63) is 28.3 Å². The second kappa shape index (κ2) is 6.05. The molecule has 0 spiro atoms. The number of benzene rings is 1. The molecular formula is C16H20BrClO. The summed E-state index contributed by atoms with van der Waals surface area (Å²) in [7, 11) is 0. The summed E-state index contributed by atoms with van der Waals surface area (Å²) in [6.45, 7) is 0.799. The molecule has 0 saturated heterocycles. The maximum Gasteiger partial charge on any atom is 0.127 e. The van der Waals surface area contributed by atoms with E-state index in [9.17, 15) is 0 Å². The summed E-state index contributed by atoms with van der Waals surface area (Å²) in [6, 6.07) is 4.15. The van der Waals surface area contributed by atoms with E-state index in [0.29, 0.717) is 10.7 Å². The number of fused-ring (bicyclic) bond motifs is 1. The lowest BCUT2D eigenvalue weighted by Gasteiger charge is -2.23. The third-order valence-electron chi connectivity index (χ3n) is 4.39. The molecule has 1 saturated carbocycles. The van der Waals surface area contributed by atoms with Gasteiger partial charge in [0, 0.05) is 21.8 Å². The minimum atomic E-state index is 0.385. The molecule has 19 heavy (non-hydrogen) atoms. The topological polar surface area (TPSA) is 9.23 Å². The van der Waals surface area contributed by atoms with E-state index in [1.165, 1.54) is 49.7 Å². The van der Waals surface area contributed by atoms with Crippen molar-refractivity contribution in [2.45, 2.75) is 49.8 Å². The van der Waals surface area contributed by atoms with Crippen LogP contribution in [0.4, 0.5) is 0 Å². The van der Waals surface area contributed by atoms with Gasteiger partial charge in [-0.05, 0) is 36.5 Å². The average Bonchev–Trinajstić information content (AvgIpc) is 2.70. The highest BCUT2D eigenvalue weighted by Gasteiger charge is 2.27. The van der Waals surface area contributed by atoms with Crippen LogP contribution in [0.25, 0.3) is 0 Å². The third kappa shape index (κ3) is 2.95. The standard InChI is InChI=1S/C16H20BrClO/c17-15(11-5-3-1-2-4-6-11)14-10-13(18)9-12-7-8-19-16(12)14/h9-11,15H,1-8H2. The SMILES string of the molecule is Clc1cc2c(c(C(Br)C3CCCCCC3)c1)OCC2. The summed E-state index contributed by atoms with van der Waals surface area (Å²) in [4.78, 5) is 0.385. The van der Waals surface area contributed by atoms with Crippen molar-refractivity contribution in [3.63, 3.8) is 0 Å². The molecule has 1 heterocycles. The van der Waals surface area contributed by atoms with Crippen molar-refractivity contribution in [2.75, 3.05) is 6.61 Å². The van der Waals surface area contributed by atoms with Gasteiger partial charge in [-0.25, -0.2) is 0 Å². The molecule has 0 N–H and O–H groups in total. The van der Waals surface area contributed by atoms with E-state index < -0.39 is 0 Å². The zero-order chi connectivity index (χ0) is 13.2. The Kier molecular flexibility index (Phi) is 4.38. The second-order valence-electron chi connectivity index (χ2n) is 5.74. The molecule has 0 bridgehead atoms. The summed E-state index contributed by atoms with van der Waals surface area (Å²) in [5.74, 6) is 1.81. The maximum atomic E-state index is 6.27. The van der Waals surface area contributed by atoms with Gasteiger partial charge in [-0.2, -0.15) is 0 Å². The second-order valence-corrected chi connectivity index (χ2v) is 7.16. The summed E-state index contributed by atoms with van der Waals surface area (Å²) in [5, 5.41) is 0.845. The first-order valence-corrected chi connectivity index (χ1v) is 8.64. The zero-order valence-electron chi connectivity index (χ0n) is 11.1. The van der Waals surface area contributed by atoms with Gasteiger partial charge in [-0.15, -0.1) is 0 Å². The van der Waals surface area contributed by atoms with Crippen LogP contribution >= 0.6 is 27.5 Å². The Hall–Kier alpha value is -0.210. The Bertz CT molecular complexity index is 452. The largest absolute Gasteiger partial charge is 0.493 e. The molecule has 3 heteroatoms. The minimum absolute atomic E-state index is 0.385. The number of ether oxygens (including phenoxy) is 1. The van der Waals surface area contributed by atoms with E-state index in [0.717, 1.165) is 23.8 Å². The molecule has 2 aliphatic rings. The van der Waals surface area contributed by atoms with Crippen molar-refractivity contribution < 1.29 is 4.74 Å². The fourth-order valence-electron chi connectivity index (χ4n) is 3.36. The number of hydrogen-bond donors (Lipinski definition) is 0. The predicted molar refractivity (Wildman–Crippen MR) is 83.5 cm³/mol. The number of alkyl halides is 1. The van der Waals surface area contributed by atoms with Crippen LogP contribution in [0.1, 0.15) is 54.5 Å². The van der Waals surface area contributed by atoms with Crippen LogP contribution in [0.15, 0.2) is 12.1 Å². The first kappa shape index (κ1) is 13.8. The van der Waals surface area contributed by atoms with Crippen LogP contribution < -0.4 is 4.74 Å². The predicted octanol–water partition coefficient (Wildman–Crippen LogP) is 5.68. The smallest absolute Gasteiger partial charge is 0.127 e. The van der Waals surface area contributed by atoms with E-state index in [-0.39, 0.29) is 0 Å². The maximum absolute atomic E-state index is 6.27. The van der Waals surface area contributed by atoms with Crippen molar-refractivity contribution in [3.8, 4) is 5.75 Å². The molecule has 0 aromatic heterocycles. The molecule has 1 unspecified atom stereocenters. The van der Waals surface area contributed by atoms with E-state index in [2.05, 4.69) is 28.1 Å². The summed E-state index contributed by atoms with van der Waals surface area (Å²) < 4.78 is 5.84. The molecular weight excluding hydrogens is 324 g/mol. The Balaban J connectivity index is 1.88. The Morgan fingerprint density at radius 3 is 2.63 bits per heavy atom. The van der Waals surface area contributed by atoms with Crippen LogP contribution in [0, 0.1) is 5.92 Å². The minimum Gasteiger partial charge on any atom is -0.493 e. The molecule has 3 rings (SSSR count). The highest BCUT2D eigenvalue weighted by atomic mass is 79.9. The monoisotopic (exact) mass is 342 g/mol. The highest BCUT2D eigenvalue weighted by Crippen LogP contribution is 2.46. The van der Waals surface area contributed by atoms with Crippen LogP contribution in [-0.2, 0) is 6.42 Å². The van der Waals surface area contributed by atoms with Crippen molar-refractivity contribution in [1.29, 1.82) is 0 Å². The normalized spacial score (nSPS) is 21.6. The molecule has 1 aliphatic carbocycles. The molecule has 0 amide bonds. The van der Waals surface area contributed by atoms with Gasteiger partial charge in [-0.3, -0.25) is 0 Å². The molecule has 104 valence electrons. The molecule has 1 nitrogen and oxygen atoms in total. The van der Waals surface area contributed by atoms with Gasteiger partial charge in [0.2, 0.25) is 0 Å². The van der Waals surface area contributed by atoms with E-state index >= 15 is 0 Å². The van der Waals surface area contributed by atoms with Crippen LogP contribution in [0.3, 0.4) is 0 Å². The first-order valence-electron chi connectivity index (χ1n) is 7.35. The molecule has 1 atom stereocenters. The van der Waals surface area contributed by atoms with Crippen LogP contribution in [0.5, 0.6) is 5.75 Å². The first-order chi connectivity index (χ1) is 9.25. The lowest BCUT2D eigenvalue weighted by molar-refractivity contribution is 0.348. The number of rotatable bonds is 2. The fraction of sp³-hybridized carbons (Fsp3) is 0.625. The molecule has 1 aromatic rings. The van der Waals surface area contributed by atoms with E-state index in [1.54, 1.807) is 0 Å². The lowest BCUT2D eigenvalue weighted by Crippen LogP contribution is -2.08. The van der Waals surface area contributed by atoms with Crippen molar-refractivity contribution >= 4 is 27.5 Å². The van der Waals surface area contributed by atoms with Crippen molar-refractivity contribution in [1.82, 2.24) is 0 Å². The third-order valence-corrected chi connectivity index (χ3v) is 5.85. The Labute approximate surface area is 128 Å². The summed E-state index contributed by atoms with van der Waals surface area (Å²) >= 11 is 10.2. The fourth-order valence-corrected chi connectivity index (χ4v) is 4.48. The molecule has 1 aliphatic heterocycles. The molecule has 1 fully saturated rings. The van der Waals surface area contributed by atoms with Crippen LogP contribution in [0.2, 0.25) is 5.02 Å². The van der Waals surface area contributed by atoms with Gasteiger partial charge < -0.3 is 4.74 Å². The highest BCUT2D eigenvalue weighted by molar-refractivity contribution is 9.09. The molecule has 0 radical (unpaired) electrons. The van der Waals surface area contributed by atoms with Crippen molar-refractivity contribution in [2.24, 2.45) is 5.92 Å². The van der Waals surface area contributed by atoms with Gasteiger partial charge in [0.1, 0.15) is 5.75 Å². The van der Waals surface area contributed by atoms with E-state index in [1.807, 2.05) is 0 Å². The lowest BCUT2D eigenvalue weighted by atomic mass is 9.91. The van der Waals surface area contributed by atoms with E-state index in [4.69, 9.17) is 16.3 Å².